The molecule has 1 rings (SSSR count). The van der Waals surface area contributed by atoms with Crippen molar-refractivity contribution in [2.24, 2.45) is 7.05 Å². The van der Waals surface area contributed by atoms with Gasteiger partial charge in [-0.2, -0.15) is 5.10 Å². The maximum atomic E-state index is 4.51. The lowest BCUT2D eigenvalue weighted by Crippen LogP contribution is -2.31. The fraction of sp³-hybridized carbons (Fsp3) is 0.800. The van der Waals surface area contributed by atoms with Gasteiger partial charge in [0.1, 0.15) is 0 Å². The van der Waals surface area contributed by atoms with Crippen LogP contribution in [0.15, 0.2) is 0 Å². The Morgan fingerprint density at radius 3 is 2.44 bits per heavy atom. The Balaban J connectivity index is 2.64. The first-order valence-electron chi connectivity index (χ1n) is 7.32. The molecule has 0 saturated carbocycles. The van der Waals surface area contributed by atoms with E-state index in [2.05, 4.69) is 38.1 Å². The van der Waals surface area contributed by atoms with Crippen molar-refractivity contribution in [2.45, 2.75) is 65.8 Å². The van der Waals surface area contributed by atoms with E-state index < -0.39 is 0 Å². The van der Waals surface area contributed by atoms with Crippen LogP contribution in [0.25, 0.3) is 0 Å². The van der Waals surface area contributed by atoms with Gasteiger partial charge in [-0.3, -0.25) is 4.68 Å². The second kappa shape index (κ2) is 7.57. The van der Waals surface area contributed by atoms with Crippen molar-refractivity contribution in [3.05, 3.63) is 17.0 Å². The van der Waals surface area contributed by atoms with Crippen LogP contribution < -0.4 is 5.32 Å². The van der Waals surface area contributed by atoms with Gasteiger partial charge in [-0.1, -0.05) is 33.1 Å². The number of likely N-dealkylation sites (N-methyl/N-ethyl adjacent to an activating group) is 1. The molecule has 104 valence electrons. The van der Waals surface area contributed by atoms with Crippen LogP contribution in [0.4, 0.5) is 0 Å². The quantitative estimate of drug-likeness (QED) is 0.719. The van der Waals surface area contributed by atoms with Gasteiger partial charge in [0.05, 0.1) is 5.69 Å². The van der Waals surface area contributed by atoms with Crippen molar-refractivity contribution in [1.82, 2.24) is 15.1 Å². The topological polar surface area (TPSA) is 29.9 Å². The second-order valence-electron chi connectivity index (χ2n) is 5.23. The number of unbranched alkanes of at least 4 members (excludes halogenated alkanes) is 2. The van der Waals surface area contributed by atoms with Crippen molar-refractivity contribution >= 4 is 0 Å². The number of nitrogens with one attached hydrogen (secondary N) is 1. The lowest BCUT2D eigenvalue weighted by atomic mass is 9.99. The Morgan fingerprint density at radius 1 is 1.22 bits per heavy atom. The van der Waals surface area contributed by atoms with Gasteiger partial charge >= 0.3 is 0 Å². The summed E-state index contributed by atoms with van der Waals surface area (Å²) in [5.41, 5.74) is 3.93. The lowest BCUT2D eigenvalue weighted by molar-refractivity contribution is 0.465. The summed E-state index contributed by atoms with van der Waals surface area (Å²) in [5.74, 6) is 0. The van der Waals surface area contributed by atoms with Crippen molar-refractivity contribution in [1.29, 1.82) is 0 Å². The summed E-state index contributed by atoms with van der Waals surface area (Å²) >= 11 is 0. The molecule has 0 radical (unpaired) electrons. The summed E-state index contributed by atoms with van der Waals surface area (Å²) in [4.78, 5) is 0. The number of hydrogen-bond acceptors (Lipinski definition) is 2. The van der Waals surface area contributed by atoms with Crippen LogP contribution in [0.2, 0.25) is 0 Å². The summed E-state index contributed by atoms with van der Waals surface area (Å²) in [7, 11) is 2.03. The van der Waals surface area contributed by atoms with Gasteiger partial charge in [0.2, 0.25) is 0 Å². The minimum Gasteiger partial charge on any atom is -0.314 e. The third-order valence-corrected chi connectivity index (χ3v) is 3.76. The maximum Gasteiger partial charge on any atom is 0.0628 e. The van der Waals surface area contributed by atoms with Crippen molar-refractivity contribution < 1.29 is 0 Å². The highest BCUT2D eigenvalue weighted by atomic mass is 15.3. The summed E-state index contributed by atoms with van der Waals surface area (Å²) in [6.07, 6.45) is 6.35. The lowest BCUT2D eigenvalue weighted by Gasteiger charge is -2.18. The van der Waals surface area contributed by atoms with E-state index in [-0.39, 0.29) is 0 Å². The molecule has 1 N–H and O–H groups in total. The van der Waals surface area contributed by atoms with E-state index in [1.165, 1.54) is 42.6 Å². The maximum absolute atomic E-state index is 4.51. The minimum atomic E-state index is 0.600. The average molecular weight is 251 g/mol. The Labute approximate surface area is 112 Å². The predicted molar refractivity (Wildman–Crippen MR) is 78.0 cm³/mol. The zero-order valence-corrected chi connectivity index (χ0v) is 12.7. The van der Waals surface area contributed by atoms with E-state index in [0.717, 1.165) is 13.0 Å². The summed E-state index contributed by atoms with van der Waals surface area (Å²) in [5, 5.41) is 8.13. The van der Waals surface area contributed by atoms with Gasteiger partial charge in [-0.05, 0) is 38.8 Å². The fourth-order valence-corrected chi connectivity index (χ4v) is 2.56. The zero-order chi connectivity index (χ0) is 13.5. The van der Waals surface area contributed by atoms with Crippen LogP contribution in [-0.4, -0.2) is 22.4 Å². The summed E-state index contributed by atoms with van der Waals surface area (Å²) < 4.78 is 2.00. The standard InChI is InChI=1S/C15H29N3/c1-6-8-9-10-14(16-7-2)11-15-12(3)17-18(5)13(15)4/h14,16H,6-11H2,1-5H3. The average Bonchev–Trinajstić information content (AvgIpc) is 2.56. The van der Waals surface area contributed by atoms with E-state index in [9.17, 15) is 0 Å². The van der Waals surface area contributed by atoms with Crippen molar-refractivity contribution in [3.63, 3.8) is 0 Å². The van der Waals surface area contributed by atoms with Crippen LogP contribution in [-0.2, 0) is 13.5 Å². The minimum absolute atomic E-state index is 0.600. The number of rotatable bonds is 8. The van der Waals surface area contributed by atoms with E-state index in [0.29, 0.717) is 6.04 Å². The van der Waals surface area contributed by atoms with Crippen LogP contribution >= 0.6 is 0 Å². The number of hydrogen-bond donors (Lipinski definition) is 1. The second-order valence-corrected chi connectivity index (χ2v) is 5.23. The molecule has 0 aliphatic carbocycles. The summed E-state index contributed by atoms with van der Waals surface area (Å²) in [6.45, 7) is 9.80. The molecule has 0 saturated heterocycles. The Hall–Kier alpha value is -0.830. The number of aryl methyl sites for hydroxylation is 2. The monoisotopic (exact) mass is 251 g/mol. The number of nitrogens with zero attached hydrogens (tertiary/aromatic N) is 2. The molecular formula is C15H29N3. The van der Waals surface area contributed by atoms with Gasteiger partial charge in [-0.25, -0.2) is 0 Å². The molecule has 1 heterocycles. The molecule has 18 heavy (non-hydrogen) atoms. The van der Waals surface area contributed by atoms with E-state index in [1.54, 1.807) is 0 Å². The molecule has 1 unspecified atom stereocenters. The first kappa shape index (κ1) is 15.2. The first-order chi connectivity index (χ1) is 8.60. The molecule has 3 nitrogen and oxygen atoms in total. The first-order valence-corrected chi connectivity index (χ1v) is 7.32. The van der Waals surface area contributed by atoms with Crippen LogP contribution in [0.3, 0.4) is 0 Å². The molecule has 3 heteroatoms. The van der Waals surface area contributed by atoms with Crippen LogP contribution in [0, 0.1) is 13.8 Å². The normalized spacial score (nSPS) is 12.9. The molecule has 0 aliphatic heterocycles. The molecule has 1 atom stereocenters. The fourth-order valence-electron chi connectivity index (χ4n) is 2.56. The number of aromatic nitrogens is 2. The SMILES string of the molecule is CCCCCC(Cc1c(C)nn(C)c1C)NCC. The van der Waals surface area contributed by atoms with E-state index in [4.69, 9.17) is 0 Å². The van der Waals surface area contributed by atoms with Gasteiger partial charge in [0.25, 0.3) is 0 Å². The highest BCUT2D eigenvalue weighted by Crippen LogP contribution is 2.16. The molecule has 0 aliphatic rings. The van der Waals surface area contributed by atoms with Gasteiger partial charge in [0, 0.05) is 18.8 Å². The molecule has 1 aromatic heterocycles. The molecule has 1 aromatic rings. The highest BCUT2D eigenvalue weighted by molar-refractivity contribution is 5.25. The third-order valence-electron chi connectivity index (χ3n) is 3.76. The Kier molecular flexibility index (Phi) is 6.41. The van der Waals surface area contributed by atoms with Crippen LogP contribution in [0.5, 0.6) is 0 Å². The molecule has 0 spiro atoms. The van der Waals surface area contributed by atoms with Crippen molar-refractivity contribution in [2.75, 3.05) is 6.54 Å². The third kappa shape index (κ3) is 4.13. The molecule has 0 fully saturated rings. The largest absolute Gasteiger partial charge is 0.314 e. The molecule has 0 bridgehead atoms. The predicted octanol–water partition coefficient (Wildman–Crippen LogP) is 3.14. The summed E-state index contributed by atoms with van der Waals surface area (Å²) in [6, 6.07) is 0.600. The van der Waals surface area contributed by atoms with Crippen LogP contribution in [0.1, 0.15) is 56.5 Å². The zero-order valence-electron chi connectivity index (χ0n) is 12.7. The van der Waals surface area contributed by atoms with E-state index >= 15 is 0 Å². The Bertz CT molecular complexity index is 355. The molecule has 0 amide bonds. The highest BCUT2D eigenvalue weighted by Gasteiger charge is 2.15. The van der Waals surface area contributed by atoms with Gasteiger partial charge in [0.15, 0.2) is 0 Å². The van der Waals surface area contributed by atoms with Gasteiger partial charge < -0.3 is 5.32 Å². The smallest absolute Gasteiger partial charge is 0.0628 e. The van der Waals surface area contributed by atoms with Crippen molar-refractivity contribution in [3.8, 4) is 0 Å². The van der Waals surface area contributed by atoms with E-state index in [1.807, 2.05) is 11.7 Å². The van der Waals surface area contributed by atoms with Gasteiger partial charge in [-0.15, -0.1) is 0 Å². The molecular weight excluding hydrogens is 222 g/mol. The Morgan fingerprint density at radius 2 is 1.94 bits per heavy atom. The molecule has 0 aromatic carbocycles.